The van der Waals surface area contributed by atoms with Crippen molar-refractivity contribution >= 4 is 11.0 Å². The molecule has 2 aromatic heterocycles. The quantitative estimate of drug-likeness (QED) is 0.792. The summed E-state index contributed by atoms with van der Waals surface area (Å²) in [4.78, 5) is 8.81. The zero-order chi connectivity index (χ0) is 11.5. The highest BCUT2D eigenvalue weighted by Gasteiger charge is 2.08. The molecule has 0 unspecified atom stereocenters. The van der Waals surface area contributed by atoms with Crippen LogP contribution in [0.2, 0.25) is 0 Å². The van der Waals surface area contributed by atoms with Crippen LogP contribution in [0.5, 0.6) is 11.6 Å². The molecule has 0 aliphatic carbocycles. The van der Waals surface area contributed by atoms with E-state index in [1.54, 1.807) is 20.3 Å². The van der Waals surface area contributed by atoms with Gasteiger partial charge in [-0.2, -0.15) is 0 Å². The number of rotatable bonds is 3. The summed E-state index contributed by atoms with van der Waals surface area (Å²) in [5, 5.41) is 0. The highest BCUT2D eigenvalue weighted by Crippen LogP contribution is 2.26. The maximum atomic E-state index is 5.29. The van der Waals surface area contributed by atoms with Crippen LogP contribution in [0.4, 0.5) is 0 Å². The molecular formula is C12H14N2O2. The van der Waals surface area contributed by atoms with Crippen molar-refractivity contribution in [2.24, 2.45) is 0 Å². The topological polar surface area (TPSA) is 44.2 Å². The van der Waals surface area contributed by atoms with E-state index in [0.717, 1.165) is 23.1 Å². The summed E-state index contributed by atoms with van der Waals surface area (Å²) in [5.74, 6) is 1.23. The van der Waals surface area contributed by atoms with E-state index in [1.807, 2.05) is 12.1 Å². The van der Waals surface area contributed by atoms with E-state index in [-0.39, 0.29) is 0 Å². The van der Waals surface area contributed by atoms with Crippen LogP contribution in [0.15, 0.2) is 18.2 Å². The van der Waals surface area contributed by atoms with Gasteiger partial charge in [0.15, 0.2) is 5.75 Å². The van der Waals surface area contributed by atoms with Crippen LogP contribution in [-0.2, 0) is 6.42 Å². The highest BCUT2D eigenvalue weighted by molar-refractivity contribution is 5.81. The van der Waals surface area contributed by atoms with Crippen LogP contribution in [0.3, 0.4) is 0 Å². The van der Waals surface area contributed by atoms with Crippen molar-refractivity contribution in [2.45, 2.75) is 13.3 Å². The van der Waals surface area contributed by atoms with Gasteiger partial charge in [-0.1, -0.05) is 6.92 Å². The van der Waals surface area contributed by atoms with Gasteiger partial charge in [0.05, 0.1) is 19.7 Å². The minimum absolute atomic E-state index is 0.537. The largest absolute Gasteiger partial charge is 0.494 e. The molecule has 2 rings (SSSR count). The Kier molecular flexibility index (Phi) is 2.90. The zero-order valence-electron chi connectivity index (χ0n) is 9.65. The van der Waals surface area contributed by atoms with E-state index in [0.29, 0.717) is 11.6 Å². The Bertz CT molecular complexity index is 512. The molecule has 0 saturated heterocycles. The molecule has 2 heterocycles. The lowest BCUT2D eigenvalue weighted by Crippen LogP contribution is -1.96. The fourth-order valence-corrected chi connectivity index (χ4v) is 1.55. The van der Waals surface area contributed by atoms with Gasteiger partial charge in [0.25, 0.3) is 0 Å². The predicted octanol–water partition coefficient (Wildman–Crippen LogP) is 2.21. The lowest BCUT2D eigenvalue weighted by Gasteiger charge is -2.07. The third-order valence-electron chi connectivity index (χ3n) is 2.44. The Labute approximate surface area is 94.2 Å². The summed E-state index contributed by atoms with van der Waals surface area (Å²) in [6.07, 6.45) is 0.894. The lowest BCUT2D eigenvalue weighted by molar-refractivity contribution is 0.386. The van der Waals surface area contributed by atoms with Gasteiger partial charge < -0.3 is 9.47 Å². The molecule has 0 atom stereocenters. The number of fused-ring (bicyclic) bond motifs is 1. The number of ether oxygens (including phenoxy) is 2. The van der Waals surface area contributed by atoms with Crippen LogP contribution in [0.25, 0.3) is 11.0 Å². The molecular weight excluding hydrogens is 204 g/mol. The Morgan fingerprint density at radius 1 is 1.12 bits per heavy atom. The number of pyridine rings is 2. The number of nitrogens with zero attached hydrogens (tertiary/aromatic N) is 2. The van der Waals surface area contributed by atoms with Gasteiger partial charge in [0.1, 0.15) is 5.52 Å². The second-order valence-electron chi connectivity index (χ2n) is 3.39. The van der Waals surface area contributed by atoms with Crippen molar-refractivity contribution in [3.8, 4) is 11.6 Å². The van der Waals surface area contributed by atoms with E-state index in [4.69, 9.17) is 9.47 Å². The summed E-state index contributed by atoms with van der Waals surface area (Å²) in [6, 6.07) is 5.65. The summed E-state index contributed by atoms with van der Waals surface area (Å²) < 4.78 is 10.4. The minimum atomic E-state index is 0.537. The Morgan fingerprint density at radius 3 is 2.56 bits per heavy atom. The van der Waals surface area contributed by atoms with Crippen LogP contribution in [0, 0.1) is 0 Å². The number of hydrogen-bond acceptors (Lipinski definition) is 4. The Morgan fingerprint density at radius 2 is 1.94 bits per heavy atom. The Balaban J connectivity index is 2.69. The molecule has 0 saturated carbocycles. The molecule has 16 heavy (non-hydrogen) atoms. The van der Waals surface area contributed by atoms with Gasteiger partial charge in [-0.25, -0.2) is 9.97 Å². The standard InChI is InChI=1S/C12H14N2O2/c1-4-8-5-6-9-12(13-8)10(15-2)7-11(14-9)16-3/h5-7H,4H2,1-3H3. The van der Waals surface area contributed by atoms with Crippen LogP contribution < -0.4 is 9.47 Å². The predicted molar refractivity (Wildman–Crippen MR) is 62.0 cm³/mol. The molecule has 2 aromatic rings. The summed E-state index contributed by atoms with van der Waals surface area (Å²) in [5.41, 5.74) is 2.59. The maximum absolute atomic E-state index is 5.29. The molecule has 4 nitrogen and oxygen atoms in total. The van der Waals surface area contributed by atoms with Crippen molar-refractivity contribution in [2.75, 3.05) is 14.2 Å². The maximum Gasteiger partial charge on any atom is 0.217 e. The fraction of sp³-hybridized carbons (Fsp3) is 0.333. The highest BCUT2D eigenvalue weighted by atomic mass is 16.5. The first-order chi connectivity index (χ1) is 7.78. The van der Waals surface area contributed by atoms with Gasteiger partial charge in [0, 0.05) is 11.8 Å². The van der Waals surface area contributed by atoms with Gasteiger partial charge in [-0.15, -0.1) is 0 Å². The van der Waals surface area contributed by atoms with Gasteiger partial charge in [-0.3, -0.25) is 0 Å². The number of methoxy groups -OCH3 is 2. The average molecular weight is 218 g/mol. The van der Waals surface area contributed by atoms with E-state index in [2.05, 4.69) is 16.9 Å². The zero-order valence-corrected chi connectivity index (χ0v) is 9.65. The molecule has 0 amide bonds. The van der Waals surface area contributed by atoms with Gasteiger partial charge in [-0.05, 0) is 18.6 Å². The molecule has 0 fully saturated rings. The molecule has 0 aliphatic rings. The molecule has 0 bridgehead atoms. The SMILES string of the molecule is CCc1ccc2nc(OC)cc(OC)c2n1. The molecule has 4 heteroatoms. The fourth-order valence-electron chi connectivity index (χ4n) is 1.55. The number of aromatic nitrogens is 2. The summed E-state index contributed by atoms with van der Waals surface area (Å²) in [7, 11) is 3.20. The molecule has 0 N–H and O–H groups in total. The summed E-state index contributed by atoms with van der Waals surface area (Å²) >= 11 is 0. The minimum Gasteiger partial charge on any atom is -0.494 e. The van der Waals surface area contributed by atoms with Crippen molar-refractivity contribution in [1.29, 1.82) is 0 Å². The third-order valence-corrected chi connectivity index (χ3v) is 2.44. The lowest BCUT2D eigenvalue weighted by atomic mass is 10.2. The van der Waals surface area contributed by atoms with Crippen molar-refractivity contribution in [3.63, 3.8) is 0 Å². The second-order valence-corrected chi connectivity index (χ2v) is 3.39. The van der Waals surface area contributed by atoms with E-state index >= 15 is 0 Å². The molecule has 0 radical (unpaired) electrons. The van der Waals surface area contributed by atoms with E-state index < -0.39 is 0 Å². The first kappa shape index (κ1) is 10.7. The van der Waals surface area contributed by atoms with Crippen LogP contribution >= 0.6 is 0 Å². The monoisotopic (exact) mass is 218 g/mol. The molecule has 0 aliphatic heterocycles. The summed E-state index contributed by atoms with van der Waals surface area (Å²) in [6.45, 7) is 2.07. The van der Waals surface area contributed by atoms with Crippen molar-refractivity contribution in [1.82, 2.24) is 9.97 Å². The normalized spacial score (nSPS) is 10.4. The molecule has 0 aromatic carbocycles. The number of aryl methyl sites for hydroxylation is 1. The van der Waals surface area contributed by atoms with Crippen molar-refractivity contribution in [3.05, 3.63) is 23.9 Å². The van der Waals surface area contributed by atoms with E-state index in [9.17, 15) is 0 Å². The smallest absolute Gasteiger partial charge is 0.217 e. The average Bonchev–Trinajstić information content (AvgIpc) is 2.36. The molecule has 0 spiro atoms. The van der Waals surface area contributed by atoms with Gasteiger partial charge >= 0.3 is 0 Å². The molecule has 84 valence electrons. The van der Waals surface area contributed by atoms with E-state index in [1.165, 1.54) is 0 Å². The van der Waals surface area contributed by atoms with Gasteiger partial charge in [0.2, 0.25) is 5.88 Å². The third kappa shape index (κ3) is 1.78. The first-order valence-electron chi connectivity index (χ1n) is 5.17. The van der Waals surface area contributed by atoms with Crippen LogP contribution in [-0.4, -0.2) is 24.2 Å². The second kappa shape index (κ2) is 4.35. The Hall–Kier alpha value is -1.84. The number of hydrogen-bond donors (Lipinski definition) is 0. The first-order valence-corrected chi connectivity index (χ1v) is 5.17. The van der Waals surface area contributed by atoms with Crippen LogP contribution in [0.1, 0.15) is 12.6 Å². The van der Waals surface area contributed by atoms with Crippen molar-refractivity contribution < 1.29 is 9.47 Å².